The third kappa shape index (κ3) is 47.5. The Morgan fingerprint density at radius 2 is 0.450 bits per heavy atom. The minimum atomic E-state index is -0.759. The van der Waals surface area contributed by atoms with Crippen molar-refractivity contribution in [1.82, 2.24) is 0 Å². The second-order valence-corrected chi connectivity index (χ2v) is 18.5. The number of hydrogen-bond acceptors (Lipinski definition) is 6. The highest BCUT2D eigenvalue weighted by Gasteiger charge is 2.19. The van der Waals surface area contributed by atoms with Crippen LogP contribution in [0.2, 0.25) is 0 Å². The molecule has 0 aromatic heterocycles. The lowest BCUT2D eigenvalue weighted by atomic mass is 10.0. The van der Waals surface area contributed by atoms with Crippen LogP contribution in [0.5, 0.6) is 0 Å². The van der Waals surface area contributed by atoms with Gasteiger partial charge in [-0.3, -0.25) is 14.4 Å². The predicted molar refractivity (Wildman–Crippen MR) is 257 cm³/mol. The number of carbonyl (C=O) groups is 3. The van der Waals surface area contributed by atoms with Crippen molar-refractivity contribution in [1.29, 1.82) is 0 Å². The van der Waals surface area contributed by atoms with Gasteiger partial charge in [0.2, 0.25) is 0 Å². The molecule has 0 saturated carbocycles. The van der Waals surface area contributed by atoms with Crippen molar-refractivity contribution in [2.75, 3.05) is 13.2 Å². The Balaban J connectivity index is 4.16. The van der Waals surface area contributed by atoms with Gasteiger partial charge in [0.05, 0.1) is 0 Å². The summed E-state index contributed by atoms with van der Waals surface area (Å²) in [6, 6.07) is 0. The summed E-state index contributed by atoms with van der Waals surface area (Å²) in [6.07, 6.45) is 53.9. The van der Waals surface area contributed by atoms with Gasteiger partial charge >= 0.3 is 17.9 Å². The fourth-order valence-electron chi connectivity index (χ4n) is 8.27. The standard InChI is InChI=1S/C54H104O6/c1-4-7-10-13-16-18-20-22-24-26-28-30-32-34-36-39-42-45-48-54(57)60-51(49-58-52(55)46-43-40-37-15-12-9-6-3)50-59-53(56)47-44-41-38-35-33-31-29-27-25-23-21-19-17-14-11-8-5-2/h51H,4-50H2,1-3H3/t51-/m1/s1. The molecule has 6 heteroatoms. The first kappa shape index (κ1) is 58.4. The van der Waals surface area contributed by atoms with E-state index < -0.39 is 6.10 Å². The highest BCUT2D eigenvalue weighted by Crippen LogP contribution is 2.17. The summed E-state index contributed by atoms with van der Waals surface area (Å²) in [5.74, 6) is -0.846. The molecule has 356 valence electrons. The van der Waals surface area contributed by atoms with Gasteiger partial charge in [-0.25, -0.2) is 0 Å². The van der Waals surface area contributed by atoms with E-state index in [0.717, 1.165) is 57.8 Å². The zero-order valence-electron chi connectivity index (χ0n) is 40.8. The molecule has 0 fully saturated rings. The SMILES string of the molecule is CCCCCCCCCCCCCCCCCCCCC(=O)O[C@H](COC(=O)CCCCCCCCC)COC(=O)CCCCCCCCCCCCCCCCCCC. The van der Waals surface area contributed by atoms with Crippen LogP contribution < -0.4 is 0 Å². The van der Waals surface area contributed by atoms with Crippen LogP contribution in [0, 0.1) is 0 Å². The highest BCUT2D eigenvalue weighted by molar-refractivity contribution is 5.71. The number of rotatable bonds is 50. The number of esters is 3. The number of carbonyl (C=O) groups excluding carboxylic acids is 3. The second-order valence-electron chi connectivity index (χ2n) is 18.5. The lowest BCUT2D eigenvalue weighted by Gasteiger charge is -2.18. The summed E-state index contributed by atoms with van der Waals surface area (Å²) in [4.78, 5) is 37.8. The molecule has 60 heavy (non-hydrogen) atoms. The molecule has 0 aliphatic rings. The van der Waals surface area contributed by atoms with E-state index in [-0.39, 0.29) is 31.1 Å². The van der Waals surface area contributed by atoms with Gasteiger partial charge in [0.25, 0.3) is 0 Å². The van der Waals surface area contributed by atoms with Crippen molar-refractivity contribution in [2.24, 2.45) is 0 Å². The summed E-state index contributed by atoms with van der Waals surface area (Å²) in [6.45, 7) is 6.65. The van der Waals surface area contributed by atoms with Crippen LogP contribution in [-0.4, -0.2) is 37.2 Å². The van der Waals surface area contributed by atoms with Gasteiger partial charge in [0.15, 0.2) is 6.10 Å². The summed E-state index contributed by atoms with van der Waals surface area (Å²) >= 11 is 0. The largest absolute Gasteiger partial charge is 0.462 e. The maximum absolute atomic E-state index is 12.8. The average molecular weight is 849 g/mol. The van der Waals surface area contributed by atoms with E-state index in [4.69, 9.17) is 14.2 Å². The third-order valence-corrected chi connectivity index (χ3v) is 12.4. The minimum absolute atomic E-state index is 0.0621. The van der Waals surface area contributed by atoms with E-state index in [1.165, 1.54) is 212 Å². The predicted octanol–water partition coefficient (Wildman–Crippen LogP) is 17.6. The quantitative estimate of drug-likeness (QED) is 0.0345. The van der Waals surface area contributed by atoms with Crippen LogP contribution in [0.1, 0.15) is 310 Å². The molecule has 0 aliphatic heterocycles. The van der Waals surface area contributed by atoms with Crippen molar-refractivity contribution < 1.29 is 28.6 Å². The van der Waals surface area contributed by atoms with Gasteiger partial charge in [0.1, 0.15) is 13.2 Å². The molecule has 0 amide bonds. The molecule has 0 aromatic rings. The molecular formula is C54H104O6. The van der Waals surface area contributed by atoms with Gasteiger partial charge in [-0.2, -0.15) is 0 Å². The minimum Gasteiger partial charge on any atom is -0.462 e. The normalized spacial score (nSPS) is 11.8. The van der Waals surface area contributed by atoms with Gasteiger partial charge < -0.3 is 14.2 Å². The lowest BCUT2D eigenvalue weighted by molar-refractivity contribution is -0.167. The van der Waals surface area contributed by atoms with E-state index in [2.05, 4.69) is 20.8 Å². The van der Waals surface area contributed by atoms with E-state index in [1.807, 2.05) is 0 Å². The maximum atomic E-state index is 12.8. The molecule has 0 radical (unpaired) electrons. The zero-order valence-corrected chi connectivity index (χ0v) is 40.8. The summed E-state index contributed by atoms with van der Waals surface area (Å²) < 4.78 is 16.8. The molecule has 0 unspecified atom stereocenters. The van der Waals surface area contributed by atoms with Gasteiger partial charge in [0, 0.05) is 19.3 Å². The Kier molecular flexibility index (Phi) is 48.7. The molecule has 0 bridgehead atoms. The highest BCUT2D eigenvalue weighted by atomic mass is 16.6. The summed E-state index contributed by atoms with van der Waals surface area (Å²) in [7, 11) is 0. The Morgan fingerprint density at radius 3 is 0.667 bits per heavy atom. The van der Waals surface area contributed by atoms with E-state index >= 15 is 0 Å². The van der Waals surface area contributed by atoms with Crippen molar-refractivity contribution in [3.05, 3.63) is 0 Å². The van der Waals surface area contributed by atoms with E-state index in [1.54, 1.807) is 0 Å². The molecule has 0 N–H and O–H groups in total. The molecule has 1 atom stereocenters. The van der Waals surface area contributed by atoms with Crippen molar-refractivity contribution in [2.45, 2.75) is 316 Å². The second kappa shape index (κ2) is 50.1. The summed E-state index contributed by atoms with van der Waals surface area (Å²) in [5, 5.41) is 0. The fraction of sp³-hybridized carbons (Fsp3) is 0.944. The molecule has 0 aliphatic carbocycles. The fourth-order valence-corrected chi connectivity index (χ4v) is 8.27. The van der Waals surface area contributed by atoms with Crippen molar-refractivity contribution >= 4 is 17.9 Å². The van der Waals surface area contributed by atoms with Crippen molar-refractivity contribution in [3.63, 3.8) is 0 Å². The lowest BCUT2D eigenvalue weighted by Crippen LogP contribution is -2.30. The first-order valence-electron chi connectivity index (χ1n) is 27.0. The van der Waals surface area contributed by atoms with Crippen LogP contribution in [0.4, 0.5) is 0 Å². The van der Waals surface area contributed by atoms with Crippen LogP contribution in [0.15, 0.2) is 0 Å². The summed E-state index contributed by atoms with van der Waals surface area (Å²) in [5.41, 5.74) is 0. The van der Waals surface area contributed by atoms with E-state index in [0.29, 0.717) is 19.3 Å². The molecule has 0 rings (SSSR count). The van der Waals surface area contributed by atoms with Gasteiger partial charge in [-0.05, 0) is 19.3 Å². The number of hydrogen-bond donors (Lipinski definition) is 0. The van der Waals surface area contributed by atoms with Crippen LogP contribution in [-0.2, 0) is 28.6 Å². The Morgan fingerprint density at radius 1 is 0.267 bits per heavy atom. The first-order chi connectivity index (χ1) is 29.5. The first-order valence-corrected chi connectivity index (χ1v) is 27.0. The molecule has 0 heterocycles. The zero-order chi connectivity index (χ0) is 43.7. The Bertz CT molecular complexity index is 889. The molecule has 0 aromatic carbocycles. The average Bonchev–Trinajstić information content (AvgIpc) is 3.24. The number of unbranched alkanes of at least 4 members (excludes halogenated alkanes) is 39. The Hall–Kier alpha value is -1.59. The van der Waals surface area contributed by atoms with E-state index in [9.17, 15) is 14.4 Å². The molecular weight excluding hydrogens is 745 g/mol. The van der Waals surface area contributed by atoms with Gasteiger partial charge in [-0.1, -0.05) is 271 Å². The molecule has 0 spiro atoms. The van der Waals surface area contributed by atoms with Gasteiger partial charge in [-0.15, -0.1) is 0 Å². The monoisotopic (exact) mass is 849 g/mol. The smallest absolute Gasteiger partial charge is 0.306 e. The van der Waals surface area contributed by atoms with Crippen LogP contribution in [0.25, 0.3) is 0 Å². The molecule has 0 saturated heterocycles. The topological polar surface area (TPSA) is 78.9 Å². The van der Waals surface area contributed by atoms with Crippen molar-refractivity contribution in [3.8, 4) is 0 Å². The van der Waals surface area contributed by atoms with Crippen LogP contribution in [0.3, 0.4) is 0 Å². The molecule has 6 nitrogen and oxygen atoms in total. The number of ether oxygens (including phenoxy) is 3. The maximum Gasteiger partial charge on any atom is 0.306 e. The Labute approximate surface area is 374 Å². The third-order valence-electron chi connectivity index (χ3n) is 12.4. The van der Waals surface area contributed by atoms with Crippen LogP contribution >= 0.6 is 0 Å².